The third-order valence-corrected chi connectivity index (χ3v) is 5.23. The number of nitro benzene ring substituents is 2. The largest absolute Gasteiger partial charge is 0.502 e. The molecule has 0 atom stereocenters. The fourth-order valence-corrected chi connectivity index (χ4v) is 3.34. The molecule has 0 spiro atoms. The van der Waals surface area contributed by atoms with Crippen LogP contribution in [0.5, 0.6) is 5.75 Å². The maximum absolute atomic E-state index is 11.1. The van der Waals surface area contributed by atoms with Crippen molar-refractivity contribution in [1.29, 1.82) is 0 Å². The van der Waals surface area contributed by atoms with Crippen molar-refractivity contribution in [2.45, 2.75) is 26.2 Å². The highest BCUT2D eigenvalue weighted by molar-refractivity contribution is 5.89. The minimum atomic E-state index is -0.893. The van der Waals surface area contributed by atoms with Gasteiger partial charge in [0.25, 0.3) is 5.69 Å². The van der Waals surface area contributed by atoms with Crippen LogP contribution >= 0.6 is 0 Å². The van der Waals surface area contributed by atoms with Crippen molar-refractivity contribution in [1.82, 2.24) is 4.98 Å². The molecule has 0 aliphatic heterocycles. The smallest absolute Gasteiger partial charge is 0.318 e. The number of aromatic hydroxyl groups is 1. The molecule has 0 saturated carbocycles. The van der Waals surface area contributed by atoms with E-state index < -0.39 is 27.0 Å². The van der Waals surface area contributed by atoms with Crippen LogP contribution in [0.1, 0.15) is 31.9 Å². The van der Waals surface area contributed by atoms with E-state index in [2.05, 4.69) is 30.7 Å². The van der Waals surface area contributed by atoms with Crippen LogP contribution in [0.2, 0.25) is 0 Å². The van der Waals surface area contributed by atoms with E-state index in [0.29, 0.717) is 28.7 Å². The number of aromatic nitrogens is 1. The highest BCUT2D eigenvalue weighted by Gasteiger charge is 2.23. The molecule has 0 amide bonds. The standard InChI is InChI=1S/C24H20N4O6/c1-24(2,3)16-6-4-14(5-7-16)23-26-19-9-8-17(11-21(19)34-23)25-13-15-10-18(27(30)31)12-20(22(15)29)28(32)33/h4-13,29H,1-3H3. The van der Waals surface area contributed by atoms with Gasteiger partial charge in [-0.15, -0.1) is 0 Å². The zero-order valence-corrected chi connectivity index (χ0v) is 18.6. The zero-order valence-electron chi connectivity index (χ0n) is 18.6. The van der Waals surface area contributed by atoms with Gasteiger partial charge in [0.05, 0.1) is 21.6 Å². The van der Waals surface area contributed by atoms with E-state index >= 15 is 0 Å². The normalized spacial score (nSPS) is 11.9. The van der Waals surface area contributed by atoms with Gasteiger partial charge in [0.1, 0.15) is 5.52 Å². The van der Waals surface area contributed by atoms with E-state index in [0.717, 1.165) is 17.8 Å². The summed E-state index contributed by atoms with van der Waals surface area (Å²) in [5.74, 6) is -0.260. The first-order valence-corrected chi connectivity index (χ1v) is 10.2. The molecule has 0 fully saturated rings. The van der Waals surface area contributed by atoms with Crippen LogP contribution < -0.4 is 0 Å². The third-order valence-electron chi connectivity index (χ3n) is 5.23. The molecular formula is C24H20N4O6. The SMILES string of the molecule is CC(C)(C)c1ccc(-c2nc3ccc(N=Cc4cc([N+](=O)[O-])cc([N+](=O)[O-])c4O)cc3o2)cc1. The number of phenolic OH excluding ortho intramolecular Hbond substituents is 1. The van der Waals surface area contributed by atoms with Gasteiger partial charge in [-0.25, -0.2) is 4.98 Å². The molecule has 1 heterocycles. The summed E-state index contributed by atoms with van der Waals surface area (Å²) in [6.45, 7) is 6.40. The Morgan fingerprint density at radius 1 is 1.00 bits per heavy atom. The summed E-state index contributed by atoms with van der Waals surface area (Å²) in [6.07, 6.45) is 1.12. The Kier molecular flexibility index (Phi) is 5.58. The average Bonchev–Trinajstić information content (AvgIpc) is 3.21. The summed E-state index contributed by atoms with van der Waals surface area (Å²) < 4.78 is 5.88. The number of hydrogen-bond acceptors (Lipinski definition) is 8. The molecule has 0 aliphatic rings. The van der Waals surface area contributed by atoms with Crippen molar-refractivity contribution in [3.05, 3.63) is 86.0 Å². The van der Waals surface area contributed by atoms with Crippen LogP contribution in [0.25, 0.3) is 22.6 Å². The van der Waals surface area contributed by atoms with Crippen molar-refractivity contribution in [3.63, 3.8) is 0 Å². The van der Waals surface area contributed by atoms with Crippen molar-refractivity contribution in [2.75, 3.05) is 0 Å². The van der Waals surface area contributed by atoms with Gasteiger partial charge in [-0.2, -0.15) is 0 Å². The van der Waals surface area contributed by atoms with Gasteiger partial charge in [-0.3, -0.25) is 25.2 Å². The Labute approximate surface area is 193 Å². The number of benzene rings is 3. The number of rotatable bonds is 5. The third kappa shape index (κ3) is 4.46. The molecule has 34 heavy (non-hydrogen) atoms. The van der Waals surface area contributed by atoms with Gasteiger partial charge < -0.3 is 9.52 Å². The topological polar surface area (TPSA) is 145 Å². The van der Waals surface area contributed by atoms with Crippen molar-refractivity contribution in [2.24, 2.45) is 4.99 Å². The number of aliphatic imine (C=N–C) groups is 1. The Bertz CT molecular complexity index is 1450. The average molecular weight is 460 g/mol. The fourth-order valence-electron chi connectivity index (χ4n) is 3.34. The predicted molar refractivity (Wildman–Crippen MR) is 127 cm³/mol. The summed E-state index contributed by atoms with van der Waals surface area (Å²) in [5.41, 5.74) is 2.08. The lowest BCUT2D eigenvalue weighted by atomic mass is 9.87. The molecule has 3 aromatic carbocycles. The molecular weight excluding hydrogens is 440 g/mol. The Morgan fingerprint density at radius 2 is 1.71 bits per heavy atom. The summed E-state index contributed by atoms with van der Waals surface area (Å²) in [6, 6.07) is 14.6. The van der Waals surface area contributed by atoms with Crippen LogP contribution in [0.3, 0.4) is 0 Å². The minimum absolute atomic E-state index is 0.0286. The van der Waals surface area contributed by atoms with Gasteiger partial charge in [-0.1, -0.05) is 32.9 Å². The first kappa shape index (κ1) is 22.6. The lowest BCUT2D eigenvalue weighted by molar-refractivity contribution is -0.394. The van der Waals surface area contributed by atoms with Crippen molar-refractivity contribution >= 4 is 34.4 Å². The molecule has 10 heteroatoms. The number of fused-ring (bicyclic) bond motifs is 1. The van der Waals surface area contributed by atoms with Gasteiger partial charge in [0.2, 0.25) is 11.6 Å². The first-order valence-electron chi connectivity index (χ1n) is 10.2. The fraction of sp³-hybridized carbons (Fsp3) is 0.167. The summed E-state index contributed by atoms with van der Waals surface area (Å²) >= 11 is 0. The zero-order chi connectivity index (χ0) is 24.6. The second-order valence-corrected chi connectivity index (χ2v) is 8.67. The molecule has 4 rings (SSSR count). The number of non-ortho nitro benzene ring substituents is 1. The monoisotopic (exact) mass is 460 g/mol. The highest BCUT2D eigenvalue weighted by Crippen LogP contribution is 2.34. The van der Waals surface area contributed by atoms with E-state index in [1.165, 1.54) is 5.56 Å². The number of phenols is 1. The van der Waals surface area contributed by atoms with E-state index in [1.54, 1.807) is 18.2 Å². The van der Waals surface area contributed by atoms with E-state index in [9.17, 15) is 25.3 Å². The first-order chi connectivity index (χ1) is 16.0. The summed E-state index contributed by atoms with van der Waals surface area (Å²) in [4.78, 5) is 29.2. The van der Waals surface area contributed by atoms with Crippen LogP contribution in [0, 0.1) is 20.2 Å². The number of oxazole rings is 1. The molecule has 1 aromatic heterocycles. The van der Waals surface area contributed by atoms with Crippen LogP contribution in [0.4, 0.5) is 17.1 Å². The molecule has 4 aromatic rings. The Morgan fingerprint density at radius 3 is 2.32 bits per heavy atom. The Hall–Kier alpha value is -4.60. The maximum Gasteiger partial charge on any atom is 0.318 e. The molecule has 0 aliphatic carbocycles. The second kappa shape index (κ2) is 8.39. The summed E-state index contributed by atoms with van der Waals surface area (Å²) in [5, 5.41) is 32.3. The van der Waals surface area contributed by atoms with Gasteiger partial charge >= 0.3 is 5.69 Å². The quantitative estimate of drug-likeness (QED) is 0.216. The number of nitro groups is 2. The number of hydrogen-bond donors (Lipinski definition) is 1. The van der Waals surface area contributed by atoms with Gasteiger partial charge in [-0.05, 0) is 35.2 Å². The second-order valence-electron chi connectivity index (χ2n) is 8.67. The molecule has 0 bridgehead atoms. The van der Waals surface area contributed by atoms with Gasteiger partial charge in [0, 0.05) is 29.5 Å². The van der Waals surface area contributed by atoms with Crippen LogP contribution in [0.15, 0.2) is 64.0 Å². The Balaban J connectivity index is 1.66. The van der Waals surface area contributed by atoms with Gasteiger partial charge in [0.15, 0.2) is 5.58 Å². The van der Waals surface area contributed by atoms with Crippen molar-refractivity contribution in [3.8, 4) is 17.2 Å². The molecule has 0 saturated heterocycles. The molecule has 0 radical (unpaired) electrons. The molecule has 0 unspecified atom stereocenters. The lowest BCUT2D eigenvalue weighted by Crippen LogP contribution is -2.10. The number of nitrogens with zero attached hydrogens (tertiary/aromatic N) is 4. The molecule has 1 N–H and O–H groups in total. The maximum atomic E-state index is 11.1. The van der Waals surface area contributed by atoms with E-state index in [4.69, 9.17) is 4.42 Å². The van der Waals surface area contributed by atoms with Crippen LogP contribution in [-0.2, 0) is 5.41 Å². The minimum Gasteiger partial charge on any atom is -0.502 e. The van der Waals surface area contributed by atoms with Crippen LogP contribution in [-0.4, -0.2) is 26.2 Å². The molecule has 10 nitrogen and oxygen atoms in total. The van der Waals surface area contributed by atoms with Crippen molar-refractivity contribution < 1.29 is 19.4 Å². The lowest BCUT2D eigenvalue weighted by Gasteiger charge is -2.18. The van der Waals surface area contributed by atoms with E-state index in [-0.39, 0.29) is 11.0 Å². The molecule has 172 valence electrons. The predicted octanol–water partition coefficient (Wildman–Crippen LogP) is 6.06. The highest BCUT2D eigenvalue weighted by atomic mass is 16.6. The summed E-state index contributed by atoms with van der Waals surface area (Å²) in [7, 11) is 0. The van der Waals surface area contributed by atoms with E-state index in [1.807, 2.05) is 24.3 Å².